The lowest BCUT2D eigenvalue weighted by molar-refractivity contribution is -0.114. The van der Waals surface area contributed by atoms with Crippen LogP contribution in [-0.2, 0) is 9.59 Å². The van der Waals surface area contributed by atoms with Crippen molar-refractivity contribution in [3.63, 3.8) is 0 Å². The highest BCUT2D eigenvalue weighted by atomic mass is 35.5. The van der Waals surface area contributed by atoms with Gasteiger partial charge in [0, 0.05) is 6.20 Å². The zero-order chi connectivity index (χ0) is 8.97. The second-order valence-corrected chi connectivity index (χ2v) is 3.50. The van der Waals surface area contributed by atoms with E-state index in [1.54, 1.807) is 16.5 Å². The van der Waals surface area contributed by atoms with Crippen molar-refractivity contribution < 1.29 is 9.59 Å². The summed E-state index contributed by atoms with van der Waals surface area (Å²) in [5, 5.41) is 3.88. The fourth-order valence-corrected chi connectivity index (χ4v) is 1.77. The van der Waals surface area contributed by atoms with Crippen LogP contribution in [0.15, 0.2) is 11.6 Å². The molecule has 66 valence electrons. The van der Waals surface area contributed by atoms with Gasteiger partial charge >= 0.3 is 0 Å². The lowest BCUT2D eigenvalue weighted by Gasteiger charge is -2.21. The van der Waals surface area contributed by atoms with Crippen LogP contribution >= 0.6 is 23.4 Å². The van der Waals surface area contributed by atoms with Crippen LogP contribution in [0.25, 0.3) is 0 Å². The molecular weight excluding hydrogens is 200 g/mol. The molecule has 12 heavy (non-hydrogen) atoms. The first-order chi connectivity index (χ1) is 5.74. The summed E-state index contributed by atoms with van der Waals surface area (Å²) < 4.78 is 0. The average molecular weight is 207 g/mol. The van der Waals surface area contributed by atoms with Gasteiger partial charge in [-0.3, -0.25) is 9.59 Å². The van der Waals surface area contributed by atoms with Crippen LogP contribution in [0.3, 0.4) is 0 Å². The highest BCUT2D eigenvalue weighted by molar-refractivity contribution is 8.02. The third-order valence-electron chi connectivity index (χ3n) is 1.28. The zero-order valence-electron chi connectivity index (χ0n) is 6.07. The zero-order valence-corrected chi connectivity index (χ0v) is 7.64. The summed E-state index contributed by atoms with van der Waals surface area (Å²) in [5.74, 6) is 0. The first-order valence-corrected chi connectivity index (χ1v) is 4.52. The number of nitrogens with zero attached hydrogens (tertiary/aromatic N) is 1. The number of nitrogens with one attached hydrogen (secondary N) is 1. The Bertz CT molecular complexity index is 222. The van der Waals surface area contributed by atoms with Crippen LogP contribution in [0.4, 0.5) is 0 Å². The van der Waals surface area contributed by atoms with Gasteiger partial charge in [-0.05, 0) is 17.0 Å². The van der Waals surface area contributed by atoms with Gasteiger partial charge in [0.05, 0.1) is 6.54 Å². The maximum Gasteiger partial charge on any atom is 0.241 e. The molecule has 0 aromatic rings. The van der Waals surface area contributed by atoms with Gasteiger partial charge < -0.3 is 10.2 Å². The lowest BCUT2D eigenvalue weighted by Crippen LogP contribution is -2.38. The molecule has 1 amide bonds. The highest BCUT2D eigenvalue weighted by Gasteiger charge is 2.20. The number of amides is 1. The molecule has 4 nitrogen and oxygen atoms in total. The minimum atomic E-state index is -0.445. The van der Waals surface area contributed by atoms with Crippen LogP contribution < -0.4 is 5.32 Å². The van der Waals surface area contributed by atoms with Gasteiger partial charge in [0.15, 0.2) is 5.50 Å². The SMILES string of the molecule is O=CNC1SC=CN1CC(=O)Cl. The van der Waals surface area contributed by atoms with E-state index in [0.717, 1.165) is 0 Å². The Balaban J connectivity index is 2.44. The molecule has 0 saturated heterocycles. The Morgan fingerprint density at radius 1 is 1.83 bits per heavy atom. The highest BCUT2D eigenvalue weighted by Crippen LogP contribution is 2.21. The molecule has 0 radical (unpaired) electrons. The van der Waals surface area contributed by atoms with Gasteiger partial charge in [-0.1, -0.05) is 11.8 Å². The number of carbonyl (C=O) groups is 2. The monoisotopic (exact) mass is 206 g/mol. The van der Waals surface area contributed by atoms with Crippen LogP contribution in [-0.4, -0.2) is 28.6 Å². The van der Waals surface area contributed by atoms with Gasteiger partial charge in [-0.25, -0.2) is 0 Å². The van der Waals surface area contributed by atoms with Crippen molar-refractivity contribution in [1.29, 1.82) is 0 Å². The first-order valence-electron chi connectivity index (χ1n) is 3.20. The lowest BCUT2D eigenvalue weighted by atomic mass is 10.6. The van der Waals surface area contributed by atoms with Crippen LogP contribution in [0.5, 0.6) is 0 Å². The van der Waals surface area contributed by atoms with Gasteiger partial charge in [-0.2, -0.15) is 0 Å². The fourth-order valence-electron chi connectivity index (χ4n) is 0.816. The number of hydrogen-bond donors (Lipinski definition) is 1. The summed E-state index contributed by atoms with van der Waals surface area (Å²) in [5.41, 5.74) is -0.204. The Labute approximate surface area is 78.9 Å². The van der Waals surface area contributed by atoms with Crippen molar-refractivity contribution in [2.24, 2.45) is 0 Å². The Hall–Kier alpha value is -0.680. The Kier molecular flexibility index (Phi) is 3.43. The van der Waals surface area contributed by atoms with Crippen LogP contribution in [0.1, 0.15) is 0 Å². The standard InChI is InChI=1S/C6H7ClN2O2S/c7-5(11)3-9-1-2-12-6(9)8-4-10/h1-2,4,6H,3H2,(H,8,10). The topological polar surface area (TPSA) is 49.4 Å². The van der Waals surface area contributed by atoms with Gasteiger partial charge in [-0.15, -0.1) is 0 Å². The Morgan fingerprint density at radius 2 is 2.58 bits per heavy atom. The number of rotatable bonds is 4. The molecule has 1 heterocycles. The summed E-state index contributed by atoms with van der Waals surface area (Å²) in [4.78, 5) is 22.3. The maximum atomic E-state index is 10.5. The first kappa shape index (κ1) is 9.41. The smallest absolute Gasteiger partial charge is 0.241 e. The second kappa shape index (κ2) is 4.37. The van der Waals surface area contributed by atoms with Crippen molar-refractivity contribution in [3.8, 4) is 0 Å². The van der Waals surface area contributed by atoms with E-state index in [4.69, 9.17) is 11.6 Å². The molecule has 6 heteroatoms. The van der Waals surface area contributed by atoms with Crippen molar-refractivity contribution in [2.75, 3.05) is 6.54 Å². The van der Waals surface area contributed by atoms with E-state index >= 15 is 0 Å². The molecule has 0 bridgehead atoms. The van der Waals surface area contributed by atoms with Crippen molar-refractivity contribution in [3.05, 3.63) is 11.6 Å². The molecule has 1 aliphatic rings. The number of hydrogen-bond acceptors (Lipinski definition) is 4. The number of thioether (sulfide) groups is 1. The minimum Gasteiger partial charge on any atom is -0.340 e. The summed E-state index contributed by atoms with van der Waals surface area (Å²) >= 11 is 6.59. The van der Waals surface area contributed by atoms with E-state index < -0.39 is 5.24 Å². The average Bonchev–Trinajstić information content (AvgIpc) is 2.37. The molecule has 1 N–H and O–H groups in total. The number of carbonyl (C=O) groups excluding carboxylic acids is 2. The summed E-state index contributed by atoms with van der Waals surface area (Å²) in [6.45, 7) is 0.108. The number of halogens is 1. The quantitative estimate of drug-likeness (QED) is 0.531. The Morgan fingerprint density at radius 3 is 3.17 bits per heavy atom. The van der Waals surface area contributed by atoms with E-state index in [-0.39, 0.29) is 12.0 Å². The molecule has 0 spiro atoms. The maximum absolute atomic E-state index is 10.5. The molecule has 1 rings (SSSR count). The minimum absolute atomic E-state index is 0.108. The van der Waals surface area contributed by atoms with E-state index in [9.17, 15) is 9.59 Å². The third kappa shape index (κ3) is 2.42. The van der Waals surface area contributed by atoms with E-state index in [0.29, 0.717) is 6.41 Å². The molecule has 0 fully saturated rings. The van der Waals surface area contributed by atoms with E-state index in [1.807, 2.05) is 0 Å². The van der Waals surface area contributed by atoms with Crippen molar-refractivity contribution >= 4 is 35.0 Å². The van der Waals surface area contributed by atoms with Gasteiger partial charge in [0.2, 0.25) is 11.7 Å². The molecule has 1 unspecified atom stereocenters. The predicted molar refractivity (Wildman–Crippen MR) is 47.3 cm³/mol. The fraction of sp³-hybridized carbons (Fsp3) is 0.333. The third-order valence-corrected chi connectivity index (χ3v) is 2.34. The van der Waals surface area contributed by atoms with E-state index in [1.165, 1.54) is 11.8 Å². The normalized spacial score (nSPS) is 21.1. The van der Waals surface area contributed by atoms with Crippen molar-refractivity contribution in [2.45, 2.75) is 5.50 Å². The predicted octanol–water partition coefficient (Wildman–Crippen LogP) is 0.301. The molecule has 1 atom stereocenters. The van der Waals surface area contributed by atoms with Gasteiger partial charge in [0.1, 0.15) is 0 Å². The molecule has 0 saturated carbocycles. The molecule has 0 aliphatic carbocycles. The molecule has 1 aliphatic heterocycles. The molecule has 0 aromatic carbocycles. The molecular formula is C6H7ClN2O2S. The second-order valence-electron chi connectivity index (χ2n) is 2.09. The van der Waals surface area contributed by atoms with Gasteiger partial charge in [0.25, 0.3) is 0 Å². The van der Waals surface area contributed by atoms with Crippen LogP contribution in [0.2, 0.25) is 0 Å². The van der Waals surface area contributed by atoms with E-state index in [2.05, 4.69) is 5.32 Å². The van der Waals surface area contributed by atoms with Crippen molar-refractivity contribution in [1.82, 2.24) is 10.2 Å². The summed E-state index contributed by atoms with van der Waals surface area (Å²) in [6, 6.07) is 0. The largest absolute Gasteiger partial charge is 0.340 e. The van der Waals surface area contributed by atoms with Crippen LogP contribution in [0, 0.1) is 0 Å². The molecule has 0 aromatic heterocycles. The summed E-state index contributed by atoms with van der Waals surface area (Å²) in [6.07, 6.45) is 2.31. The summed E-state index contributed by atoms with van der Waals surface area (Å²) in [7, 11) is 0.